The fraction of sp³-hybridized carbons (Fsp3) is 0.120. The summed E-state index contributed by atoms with van der Waals surface area (Å²) < 4.78 is 26.0. The summed E-state index contributed by atoms with van der Waals surface area (Å²) in [5, 5.41) is 11.0. The van der Waals surface area contributed by atoms with Gasteiger partial charge in [0.15, 0.2) is 11.5 Å². The predicted molar refractivity (Wildman–Crippen MR) is 146 cm³/mol. The largest absolute Gasteiger partial charge is 0.493 e. The molecule has 1 saturated heterocycles. The van der Waals surface area contributed by atoms with E-state index in [1.165, 1.54) is 43.5 Å². The number of rotatable bonds is 8. The lowest BCUT2D eigenvalue weighted by atomic mass is 10.1. The number of nitrogens with zero attached hydrogens (tertiary/aromatic N) is 2. The number of nitro benzene ring substituents is 1. The first-order valence-corrected chi connectivity index (χ1v) is 12.9. The zero-order chi connectivity index (χ0) is 26.7. The smallest absolute Gasteiger partial charge is 0.293 e. The summed E-state index contributed by atoms with van der Waals surface area (Å²) in [5.74, 6) is -0.347. The van der Waals surface area contributed by atoms with Crippen molar-refractivity contribution in [2.45, 2.75) is 13.2 Å². The minimum Gasteiger partial charge on any atom is -0.493 e. The molecule has 0 atom stereocenters. The highest BCUT2D eigenvalue weighted by molar-refractivity contribution is 14.1. The number of thioether (sulfide) groups is 1. The Morgan fingerprint density at radius 2 is 1.95 bits per heavy atom. The van der Waals surface area contributed by atoms with E-state index in [1.54, 1.807) is 24.3 Å². The zero-order valence-electron chi connectivity index (χ0n) is 19.1. The Hall–Kier alpha value is -3.16. The van der Waals surface area contributed by atoms with Crippen molar-refractivity contribution in [1.82, 2.24) is 4.90 Å². The second-order valence-corrected chi connectivity index (χ2v) is 10.2. The summed E-state index contributed by atoms with van der Waals surface area (Å²) in [6.45, 7) is -0.340. The number of hydrogen-bond donors (Lipinski definition) is 0. The van der Waals surface area contributed by atoms with Gasteiger partial charge >= 0.3 is 0 Å². The van der Waals surface area contributed by atoms with Gasteiger partial charge in [-0.3, -0.25) is 24.6 Å². The van der Waals surface area contributed by atoms with E-state index in [9.17, 15) is 24.1 Å². The summed E-state index contributed by atoms with van der Waals surface area (Å²) >= 11 is 8.85. The molecule has 1 aliphatic rings. The van der Waals surface area contributed by atoms with Crippen LogP contribution in [0.2, 0.25) is 5.02 Å². The van der Waals surface area contributed by atoms with Gasteiger partial charge in [0.1, 0.15) is 12.4 Å². The van der Waals surface area contributed by atoms with Crippen LogP contribution in [0.5, 0.6) is 11.5 Å². The van der Waals surface area contributed by atoms with E-state index in [0.717, 1.165) is 16.7 Å². The van der Waals surface area contributed by atoms with Crippen molar-refractivity contribution >= 4 is 68.9 Å². The molecular formula is C25H17ClFIN2O6S. The van der Waals surface area contributed by atoms with Crippen LogP contribution < -0.4 is 9.47 Å². The molecule has 0 N–H and O–H groups in total. The molecule has 3 aromatic carbocycles. The molecule has 3 aromatic rings. The maximum absolute atomic E-state index is 14.1. The van der Waals surface area contributed by atoms with Gasteiger partial charge in [0.25, 0.3) is 16.8 Å². The number of ether oxygens (including phenoxy) is 2. The molecule has 1 fully saturated rings. The molecule has 12 heteroatoms. The van der Waals surface area contributed by atoms with Crippen molar-refractivity contribution in [3.8, 4) is 11.5 Å². The molecule has 8 nitrogen and oxygen atoms in total. The van der Waals surface area contributed by atoms with E-state index < -0.39 is 21.9 Å². The summed E-state index contributed by atoms with van der Waals surface area (Å²) in [5.41, 5.74) is 0.855. The Balaban J connectivity index is 1.56. The van der Waals surface area contributed by atoms with Crippen LogP contribution in [0.1, 0.15) is 16.7 Å². The van der Waals surface area contributed by atoms with Crippen molar-refractivity contribution in [1.29, 1.82) is 0 Å². The van der Waals surface area contributed by atoms with Gasteiger partial charge in [0.05, 0.1) is 32.1 Å². The van der Waals surface area contributed by atoms with Crippen LogP contribution in [0.3, 0.4) is 0 Å². The van der Waals surface area contributed by atoms with Crippen LogP contribution in [-0.2, 0) is 17.9 Å². The summed E-state index contributed by atoms with van der Waals surface area (Å²) in [7, 11) is 1.44. The predicted octanol–water partition coefficient (Wildman–Crippen LogP) is 6.82. The van der Waals surface area contributed by atoms with E-state index in [-0.39, 0.29) is 39.9 Å². The third-order valence-corrected chi connectivity index (χ3v) is 7.43. The molecule has 190 valence electrons. The van der Waals surface area contributed by atoms with Crippen molar-refractivity contribution in [2.75, 3.05) is 7.11 Å². The Morgan fingerprint density at radius 1 is 1.19 bits per heavy atom. The van der Waals surface area contributed by atoms with Crippen molar-refractivity contribution in [3.63, 3.8) is 0 Å². The second-order valence-electron chi connectivity index (χ2n) is 7.68. The van der Waals surface area contributed by atoms with Crippen LogP contribution in [0.25, 0.3) is 6.08 Å². The molecule has 0 spiro atoms. The Kier molecular flexibility index (Phi) is 8.35. The van der Waals surface area contributed by atoms with Crippen LogP contribution in [-0.4, -0.2) is 28.1 Å². The minimum absolute atomic E-state index is 0.123. The quantitative estimate of drug-likeness (QED) is 0.114. The van der Waals surface area contributed by atoms with Gasteiger partial charge in [-0.2, -0.15) is 0 Å². The Morgan fingerprint density at radius 3 is 2.65 bits per heavy atom. The highest BCUT2D eigenvalue weighted by atomic mass is 127. The average Bonchev–Trinajstić information content (AvgIpc) is 3.11. The number of benzene rings is 3. The van der Waals surface area contributed by atoms with E-state index in [0.29, 0.717) is 20.6 Å². The minimum atomic E-state index is -0.559. The number of methoxy groups -OCH3 is 1. The third-order valence-electron chi connectivity index (χ3n) is 5.36. The number of nitro groups is 1. The normalized spacial score (nSPS) is 14.4. The zero-order valence-corrected chi connectivity index (χ0v) is 22.8. The monoisotopic (exact) mass is 654 g/mol. The van der Waals surface area contributed by atoms with Gasteiger partial charge in [-0.25, -0.2) is 4.39 Å². The van der Waals surface area contributed by atoms with Gasteiger partial charge in [0.2, 0.25) is 0 Å². The molecule has 0 aromatic heterocycles. The van der Waals surface area contributed by atoms with Gasteiger partial charge in [-0.15, -0.1) is 0 Å². The topological polar surface area (TPSA) is 99.0 Å². The third kappa shape index (κ3) is 5.89. The number of carbonyl (C=O) groups excluding carboxylic acids is 2. The number of hydrogen-bond acceptors (Lipinski definition) is 7. The summed E-state index contributed by atoms with van der Waals surface area (Å²) in [4.78, 5) is 37.4. The molecule has 0 radical (unpaired) electrons. The maximum atomic E-state index is 14.1. The van der Waals surface area contributed by atoms with E-state index in [4.69, 9.17) is 21.1 Å². The first kappa shape index (κ1) is 26.9. The Bertz CT molecular complexity index is 1430. The highest BCUT2D eigenvalue weighted by Crippen LogP contribution is 2.38. The van der Waals surface area contributed by atoms with Gasteiger partial charge < -0.3 is 9.47 Å². The van der Waals surface area contributed by atoms with Crippen LogP contribution in [0.4, 0.5) is 14.9 Å². The molecule has 0 bridgehead atoms. The summed E-state index contributed by atoms with van der Waals surface area (Å²) in [6.07, 6.45) is 1.53. The number of carbonyl (C=O) groups is 2. The van der Waals surface area contributed by atoms with Gasteiger partial charge in [0, 0.05) is 17.2 Å². The standard InChI is InChI=1S/C25H17ClFIN2O6S/c1-35-21-10-14(9-19(28)23(21)36-13-16-17(26)6-4-7-18(16)27)11-22-24(31)29(25(32)37-22)12-15-5-2-3-8-20(15)30(33)34/h2-11H,12-13H2,1H3/b22-11-. The van der Waals surface area contributed by atoms with E-state index in [2.05, 4.69) is 0 Å². The lowest BCUT2D eigenvalue weighted by Gasteiger charge is -2.15. The van der Waals surface area contributed by atoms with Crippen LogP contribution in [0, 0.1) is 19.5 Å². The van der Waals surface area contributed by atoms with E-state index in [1.807, 2.05) is 22.6 Å². The fourth-order valence-electron chi connectivity index (χ4n) is 3.56. The number of halogens is 3. The van der Waals surface area contributed by atoms with Gasteiger partial charge in [-0.1, -0.05) is 35.9 Å². The fourth-order valence-corrected chi connectivity index (χ4v) is 5.40. The number of amides is 2. The molecule has 2 amide bonds. The van der Waals surface area contributed by atoms with Crippen LogP contribution in [0.15, 0.2) is 59.5 Å². The first-order chi connectivity index (χ1) is 17.7. The van der Waals surface area contributed by atoms with Crippen molar-refractivity contribution < 1.29 is 28.4 Å². The molecule has 1 heterocycles. The van der Waals surface area contributed by atoms with Crippen molar-refractivity contribution in [2.24, 2.45) is 0 Å². The number of para-hydroxylation sites is 1. The Labute approximate surface area is 233 Å². The lowest BCUT2D eigenvalue weighted by Crippen LogP contribution is -2.27. The SMILES string of the molecule is COc1cc(/C=C2\SC(=O)N(Cc3ccccc3[N+](=O)[O-])C2=O)cc(I)c1OCc1c(F)cccc1Cl. The number of imide groups is 1. The second kappa shape index (κ2) is 11.5. The average molecular weight is 655 g/mol. The van der Waals surface area contributed by atoms with E-state index >= 15 is 0 Å². The van der Waals surface area contributed by atoms with Crippen LogP contribution >= 0.6 is 46.0 Å². The molecule has 0 aliphatic carbocycles. The van der Waals surface area contributed by atoms with Gasteiger partial charge in [-0.05, 0) is 70.3 Å². The molecule has 1 aliphatic heterocycles. The summed E-state index contributed by atoms with van der Waals surface area (Å²) in [6, 6.07) is 13.7. The lowest BCUT2D eigenvalue weighted by molar-refractivity contribution is -0.385. The molecular weight excluding hydrogens is 638 g/mol. The first-order valence-electron chi connectivity index (χ1n) is 10.6. The maximum Gasteiger partial charge on any atom is 0.293 e. The molecule has 0 saturated carbocycles. The van der Waals surface area contributed by atoms with Crippen molar-refractivity contribution in [3.05, 3.63) is 101 Å². The molecule has 37 heavy (non-hydrogen) atoms. The molecule has 4 rings (SSSR count). The molecule has 0 unspecified atom stereocenters. The highest BCUT2D eigenvalue weighted by Gasteiger charge is 2.36.